The Labute approximate surface area is 172 Å². The van der Waals surface area contributed by atoms with Crippen LogP contribution < -0.4 is 0 Å². The van der Waals surface area contributed by atoms with E-state index in [0.29, 0.717) is 12.1 Å². The van der Waals surface area contributed by atoms with Crippen LogP contribution in [0.25, 0.3) is 0 Å². The lowest BCUT2D eigenvalue weighted by Gasteiger charge is -2.39. The number of hydrogen-bond donors (Lipinski definition) is 0. The van der Waals surface area contributed by atoms with Crippen LogP contribution >= 0.6 is 0 Å². The second-order valence-electron chi connectivity index (χ2n) is 7.88. The predicted octanol–water partition coefficient (Wildman–Crippen LogP) is 6.54. The van der Waals surface area contributed by atoms with Gasteiger partial charge in [0.25, 0.3) is 0 Å². The smallest absolute Gasteiger partial charge is 0.166 e. The Morgan fingerprint density at radius 3 is 1.64 bits per heavy atom. The average molecular weight is 389 g/mol. The van der Waals surface area contributed by atoms with Crippen molar-refractivity contribution in [2.24, 2.45) is 0 Å². The van der Waals surface area contributed by atoms with Crippen LogP contribution in [0.4, 0.5) is 0 Å². The maximum absolute atomic E-state index is 2.67. The van der Waals surface area contributed by atoms with Gasteiger partial charge in [0.15, 0.2) is 14.7 Å². The third kappa shape index (κ3) is 4.34. The Morgan fingerprint density at radius 2 is 1.14 bits per heavy atom. The molecule has 1 fully saturated rings. The zero-order valence-electron chi connectivity index (χ0n) is 16.9. The summed E-state index contributed by atoms with van der Waals surface area (Å²) >= 11 is 0. The van der Waals surface area contributed by atoms with Crippen molar-refractivity contribution >= 4 is 10.9 Å². The highest BCUT2D eigenvalue weighted by Crippen LogP contribution is 2.31. The molecule has 4 rings (SSSR count). The van der Waals surface area contributed by atoms with Gasteiger partial charge in [-0.3, -0.25) is 4.90 Å². The number of hydrogen-bond acceptors (Lipinski definition) is 1. The lowest BCUT2D eigenvalue weighted by molar-refractivity contribution is 0.0953. The van der Waals surface area contributed by atoms with Crippen molar-refractivity contribution in [3.05, 3.63) is 90.5 Å². The highest BCUT2D eigenvalue weighted by atomic mass is 32.2. The van der Waals surface area contributed by atoms with Crippen molar-refractivity contribution in [3.63, 3.8) is 0 Å². The summed E-state index contributed by atoms with van der Waals surface area (Å²) in [6.45, 7) is 5.82. The summed E-state index contributed by atoms with van der Waals surface area (Å²) in [6, 6.07) is 32.5. The molecule has 1 heterocycles. The Balaban J connectivity index is 1.60. The largest absolute Gasteiger partial charge is 0.294 e. The highest BCUT2D eigenvalue weighted by Gasteiger charge is 2.29. The molecule has 2 heteroatoms. The SMILES string of the molecule is CC1CCCC(C)N1Cc1ccc([S+](c2ccccc2)c2ccccc2)cc1. The summed E-state index contributed by atoms with van der Waals surface area (Å²) in [6.07, 6.45) is 4.02. The molecule has 0 aromatic heterocycles. The summed E-state index contributed by atoms with van der Waals surface area (Å²) in [5.41, 5.74) is 1.43. The average Bonchev–Trinajstić information content (AvgIpc) is 2.74. The molecule has 3 aromatic carbocycles. The molecule has 144 valence electrons. The molecule has 2 atom stereocenters. The van der Waals surface area contributed by atoms with Gasteiger partial charge in [-0.05, 0) is 68.7 Å². The second kappa shape index (κ2) is 8.98. The van der Waals surface area contributed by atoms with Crippen LogP contribution in [-0.2, 0) is 17.4 Å². The quantitative estimate of drug-likeness (QED) is 0.448. The molecule has 2 unspecified atom stereocenters. The van der Waals surface area contributed by atoms with Crippen LogP contribution in [0.15, 0.2) is 99.6 Å². The Hall–Kier alpha value is -2.03. The lowest BCUT2D eigenvalue weighted by Crippen LogP contribution is -2.42. The van der Waals surface area contributed by atoms with Gasteiger partial charge in [0.2, 0.25) is 0 Å². The van der Waals surface area contributed by atoms with Gasteiger partial charge in [-0.25, -0.2) is 0 Å². The molecule has 0 saturated carbocycles. The van der Waals surface area contributed by atoms with E-state index in [9.17, 15) is 0 Å². The Morgan fingerprint density at radius 1 is 0.679 bits per heavy atom. The molecule has 1 aliphatic rings. The first-order valence-corrected chi connectivity index (χ1v) is 11.6. The van der Waals surface area contributed by atoms with Crippen molar-refractivity contribution in [1.29, 1.82) is 0 Å². The molecule has 1 nitrogen and oxygen atoms in total. The fourth-order valence-corrected chi connectivity index (χ4v) is 6.33. The van der Waals surface area contributed by atoms with E-state index in [0.717, 1.165) is 6.54 Å². The van der Waals surface area contributed by atoms with E-state index in [1.165, 1.54) is 39.5 Å². The standard InChI is InChI=1S/C26H30NS/c1-21-10-9-11-22(2)27(21)20-23-16-18-26(19-17-23)28(24-12-5-3-6-13-24)25-14-7-4-8-15-25/h3-8,12-19,21-22H,9-11,20H2,1-2H3/q+1. The fourth-order valence-electron chi connectivity index (χ4n) is 4.25. The molecule has 0 amide bonds. The van der Waals surface area contributed by atoms with Crippen LogP contribution in [0.2, 0.25) is 0 Å². The van der Waals surface area contributed by atoms with Crippen LogP contribution in [-0.4, -0.2) is 17.0 Å². The van der Waals surface area contributed by atoms with E-state index in [1.807, 2.05) is 0 Å². The summed E-state index contributed by atoms with van der Waals surface area (Å²) in [5, 5.41) is 0. The van der Waals surface area contributed by atoms with E-state index in [-0.39, 0.29) is 10.9 Å². The van der Waals surface area contributed by atoms with Crippen LogP contribution in [0.3, 0.4) is 0 Å². The van der Waals surface area contributed by atoms with E-state index in [2.05, 4.69) is 104 Å². The van der Waals surface area contributed by atoms with Crippen LogP contribution in [0.1, 0.15) is 38.7 Å². The first-order chi connectivity index (χ1) is 13.7. The van der Waals surface area contributed by atoms with Gasteiger partial charge in [-0.15, -0.1) is 0 Å². The van der Waals surface area contributed by atoms with Gasteiger partial charge in [0.1, 0.15) is 0 Å². The second-order valence-corrected chi connectivity index (χ2v) is 9.90. The van der Waals surface area contributed by atoms with Gasteiger partial charge < -0.3 is 0 Å². The Kier molecular flexibility index (Phi) is 6.19. The zero-order chi connectivity index (χ0) is 19.3. The van der Waals surface area contributed by atoms with Crippen molar-refractivity contribution in [2.45, 2.75) is 66.4 Å². The third-order valence-electron chi connectivity index (χ3n) is 5.86. The molecule has 0 N–H and O–H groups in total. The first kappa shape index (κ1) is 19.3. The summed E-state index contributed by atoms with van der Waals surface area (Å²) in [5.74, 6) is 0. The van der Waals surface area contributed by atoms with Gasteiger partial charge in [0, 0.05) is 18.6 Å². The molecule has 1 saturated heterocycles. The molecule has 0 bridgehead atoms. The summed E-state index contributed by atoms with van der Waals surface area (Å²) in [4.78, 5) is 6.81. The van der Waals surface area contributed by atoms with Gasteiger partial charge in [-0.1, -0.05) is 55.0 Å². The minimum Gasteiger partial charge on any atom is -0.294 e. The summed E-state index contributed by atoms with van der Waals surface area (Å²) in [7, 11) is -0.0572. The predicted molar refractivity (Wildman–Crippen MR) is 120 cm³/mol. The molecule has 3 aromatic rings. The van der Waals surface area contributed by atoms with Crippen molar-refractivity contribution in [2.75, 3.05) is 0 Å². The third-order valence-corrected chi connectivity index (χ3v) is 8.09. The fraction of sp³-hybridized carbons (Fsp3) is 0.308. The number of benzene rings is 3. The van der Waals surface area contributed by atoms with Gasteiger partial charge in [0.05, 0.1) is 10.9 Å². The number of likely N-dealkylation sites (tertiary alicyclic amines) is 1. The molecule has 0 spiro atoms. The maximum atomic E-state index is 2.67. The molecule has 0 radical (unpaired) electrons. The molecule has 0 aliphatic carbocycles. The minimum absolute atomic E-state index is 0.0572. The lowest BCUT2D eigenvalue weighted by atomic mass is 9.97. The van der Waals surface area contributed by atoms with E-state index < -0.39 is 0 Å². The normalized spacial score (nSPS) is 20.4. The summed E-state index contributed by atoms with van der Waals surface area (Å²) < 4.78 is 0. The van der Waals surface area contributed by atoms with Crippen molar-refractivity contribution < 1.29 is 0 Å². The number of rotatable bonds is 5. The van der Waals surface area contributed by atoms with Gasteiger partial charge in [-0.2, -0.15) is 0 Å². The highest BCUT2D eigenvalue weighted by molar-refractivity contribution is 7.97. The van der Waals surface area contributed by atoms with Crippen LogP contribution in [0.5, 0.6) is 0 Å². The van der Waals surface area contributed by atoms with Crippen LogP contribution in [0, 0.1) is 0 Å². The van der Waals surface area contributed by atoms with Crippen molar-refractivity contribution in [3.8, 4) is 0 Å². The zero-order valence-corrected chi connectivity index (χ0v) is 17.7. The Bertz CT molecular complexity index is 810. The minimum atomic E-state index is -0.0572. The molecule has 28 heavy (non-hydrogen) atoms. The topological polar surface area (TPSA) is 3.24 Å². The van der Waals surface area contributed by atoms with E-state index >= 15 is 0 Å². The first-order valence-electron chi connectivity index (χ1n) is 10.4. The van der Waals surface area contributed by atoms with E-state index in [1.54, 1.807) is 0 Å². The molecule has 1 aliphatic heterocycles. The number of nitrogens with zero attached hydrogens (tertiary/aromatic N) is 1. The van der Waals surface area contributed by atoms with Crippen molar-refractivity contribution in [1.82, 2.24) is 4.90 Å². The van der Waals surface area contributed by atoms with Gasteiger partial charge >= 0.3 is 0 Å². The van der Waals surface area contributed by atoms with E-state index in [4.69, 9.17) is 0 Å². The molecular weight excluding hydrogens is 358 g/mol. The monoisotopic (exact) mass is 388 g/mol. The maximum Gasteiger partial charge on any atom is 0.166 e. The molecular formula is C26H30NS+. The number of piperidine rings is 1.